The van der Waals surface area contributed by atoms with Crippen LogP contribution in [0.25, 0.3) is 0 Å². The maximum atomic E-state index is 5.93. The topological polar surface area (TPSA) is 66.9 Å². The third kappa shape index (κ3) is 3.69. The zero-order chi connectivity index (χ0) is 15.5. The van der Waals surface area contributed by atoms with E-state index in [9.17, 15) is 0 Å². The molecule has 0 aliphatic heterocycles. The van der Waals surface area contributed by atoms with E-state index in [1.807, 2.05) is 24.7 Å². The first-order valence-electron chi connectivity index (χ1n) is 8.55. The summed E-state index contributed by atoms with van der Waals surface area (Å²) in [4.78, 5) is 11.5. The lowest BCUT2D eigenvalue weighted by Gasteiger charge is -2.28. The Kier molecular flexibility index (Phi) is 4.24. The van der Waals surface area contributed by atoms with E-state index in [0.717, 1.165) is 36.9 Å². The summed E-state index contributed by atoms with van der Waals surface area (Å²) >= 11 is 0. The molecule has 0 spiro atoms. The van der Waals surface area contributed by atoms with Crippen molar-refractivity contribution in [2.75, 3.05) is 18.1 Å². The van der Waals surface area contributed by atoms with Gasteiger partial charge in [-0.05, 0) is 38.2 Å². The molecule has 0 radical (unpaired) electrons. The molecule has 0 atom stereocenters. The van der Waals surface area contributed by atoms with Gasteiger partial charge in [0.2, 0.25) is 0 Å². The molecule has 2 aromatic rings. The summed E-state index contributed by atoms with van der Waals surface area (Å²) in [5.41, 5.74) is 1.15. The Morgan fingerprint density at radius 2 is 2.17 bits per heavy atom. The smallest absolute Gasteiger partial charge is 0.133 e. The van der Waals surface area contributed by atoms with E-state index in [1.54, 1.807) is 0 Å². The van der Waals surface area contributed by atoms with Crippen LogP contribution in [0.5, 0.6) is 0 Å². The summed E-state index contributed by atoms with van der Waals surface area (Å²) in [6.07, 6.45) is 12.3. The van der Waals surface area contributed by atoms with E-state index < -0.39 is 0 Å². The van der Waals surface area contributed by atoms with Crippen LogP contribution in [0.15, 0.2) is 24.7 Å². The number of hydrogen-bond acceptors (Lipinski definition) is 5. The van der Waals surface area contributed by atoms with Crippen LogP contribution in [-0.4, -0.2) is 39.4 Å². The molecule has 2 heterocycles. The van der Waals surface area contributed by atoms with Gasteiger partial charge in [-0.15, -0.1) is 0 Å². The fraction of sp³-hybridized carbons (Fsp3) is 0.588. The molecular weight excluding hydrogens is 290 g/mol. The summed E-state index contributed by atoms with van der Waals surface area (Å²) in [6, 6.07) is 2.00. The van der Waals surface area contributed by atoms with Crippen LogP contribution in [0.4, 0.5) is 5.82 Å². The summed E-state index contributed by atoms with van der Waals surface area (Å²) in [7, 11) is 0. The third-order valence-corrected chi connectivity index (χ3v) is 4.62. The maximum absolute atomic E-state index is 5.93. The monoisotopic (exact) mass is 313 g/mol. The highest BCUT2D eigenvalue weighted by molar-refractivity contribution is 5.39. The number of rotatable bonds is 8. The van der Waals surface area contributed by atoms with Crippen LogP contribution < -0.4 is 4.90 Å². The first-order chi connectivity index (χ1) is 11.4. The Bertz CT molecular complexity index is 622. The summed E-state index contributed by atoms with van der Waals surface area (Å²) in [5, 5.41) is 6.92. The van der Waals surface area contributed by atoms with Crippen LogP contribution in [0.1, 0.15) is 49.4 Å². The zero-order valence-electron chi connectivity index (χ0n) is 13.3. The van der Waals surface area contributed by atoms with Gasteiger partial charge in [0, 0.05) is 37.0 Å². The number of H-pyrrole nitrogens is 1. The minimum Gasteiger partial charge on any atom is -0.376 e. The van der Waals surface area contributed by atoms with Gasteiger partial charge in [0.15, 0.2) is 0 Å². The lowest BCUT2D eigenvalue weighted by Crippen LogP contribution is -2.31. The van der Waals surface area contributed by atoms with Crippen molar-refractivity contribution in [2.24, 2.45) is 0 Å². The van der Waals surface area contributed by atoms with Gasteiger partial charge >= 0.3 is 0 Å². The minimum absolute atomic E-state index is 0.471. The first-order valence-corrected chi connectivity index (χ1v) is 8.55. The molecule has 0 amide bonds. The van der Waals surface area contributed by atoms with Gasteiger partial charge in [-0.3, -0.25) is 5.10 Å². The van der Waals surface area contributed by atoms with E-state index in [2.05, 4.69) is 20.1 Å². The molecule has 6 heteroatoms. The summed E-state index contributed by atoms with van der Waals surface area (Å²) in [6.45, 7) is 2.36. The second kappa shape index (κ2) is 6.66. The number of hydrogen-bond donors (Lipinski definition) is 1. The van der Waals surface area contributed by atoms with Gasteiger partial charge in [0.1, 0.15) is 11.6 Å². The van der Waals surface area contributed by atoms with Crippen molar-refractivity contribution >= 4 is 5.82 Å². The summed E-state index contributed by atoms with van der Waals surface area (Å²) < 4.78 is 5.93. The van der Waals surface area contributed by atoms with E-state index in [-0.39, 0.29) is 0 Å². The highest BCUT2D eigenvalue weighted by atomic mass is 16.5. The Labute approximate surface area is 136 Å². The maximum Gasteiger partial charge on any atom is 0.133 e. The largest absolute Gasteiger partial charge is 0.376 e. The number of nitrogens with one attached hydrogen (secondary N) is 1. The highest BCUT2D eigenvalue weighted by Gasteiger charge is 2.27. The van der Waals surface area contributed by atoms with Crippen molar-refractivity contribution in [3.8, 4) is 0 Å². The van der Waals surface area contributed by atoms with Gasteiger partial charge in [-0.2, -0.15) is 5.10 Å². The van der Waals surface area contributed by atoms with Crippen molar-refractivity contribution < 1.29 is 4.74 Å². The lowest BCUT2D eigenvalue weighted by atomic mass is 9.96. The van der Waals surface area contributed by atoms with Gasteiger partial charge in [-0.1, -0.05) is 0 Å². The van der Waals surface area contributed by atoms with Gasteiger partial charge in [0.25, 0.3) is 0 Å². The first kappa shape index (κ1) is 14.6. The number of aromatic nitrogens is 4. The van der Waals surface area contributed by atoms with Crippen LogP contribution in [0.3, 0.4) is 0 Å². The predicted molar refractivity (Wildman–Crippen MR) is 87.2 cm³/mol. The average molecular weight is 313 g/mol. The molecule has 6 nitrogen and oxygen atoms in total. The summed E-state index contributed by atoms with van der Waals surface area (Å²) in [5.74, 6) is 2.54. The Morgan fingerprint density at radius 1 is 1.26 bits per heavy atom. The quantitative estimate of drug-likeness (QED) is 0.811. The second-order valence-corrected chi connectivity index (χ2v) is 6.50. The van der Waals surface area contributed by atoms with Crippen molar-refractivity contribution in [2.45, 2.75) is 50.7 Å². The molecule has 2 aliphatic rings. The molecule has 0 unspecified atom stereocenters. The SMILES string of the molecule is c1cc(N(CCOC2CCC2)Cc2cn[nH]c2)nc(C2CC2)n1. The molecule has 122 valence electrons. The molecule has 2 aliphatic carbocycles. The van der Waals surface area contributed by atoms with Gasteiger partial charge < -0.3 is 9.64 Å². The molecule has 0 aromatic carbocycles. The van der Waals surface area contributed by atoms with Crippen LogP contribution in [0, 0.1) is 0 Å². The molecular formula is C17H23N5O. The van der Waals surface area contributed by atoms with Crippen molar-refractivity contribution in [1.29, 1.82) is 0 Å². The van der Waals surface area contributed by atoms with E-state index in [0.29, 0.717) is 12.0 Å². The Hall–Kier alpha value is -1.95. The number of ether oxygens (including phenoxy) is 1. The van der Waals surface area contributed by atoms with E-state index >= 15 is 0 Å². The van der Waals surface area contributed by atoms with E-state index in [4.69, 9.17) is 9.72 Å². The molecule has 1 N–H and O–H groups in total. The normalized spacial score (nSPS) is 17.9. The highest BCUT2D eigenvalue weighted by Crippen LogP contribution is 2.38. The molecule has 2 aromatic heterocycles. The number of nitrogens with zero attached hydrogens (tertiary/aromatic N) is 4. The molecule has 0 bridgehead atoms. The van der Waals surface area contributed by atoms with E-state index in [1.165, 1.54) is 32.1 Å². The molecule has 0 saturated heterocycles. The minimum atomic E-state index is 0.471. The Balaban J connectivity index is 1.44. The Morgan fingerprint density at radius 3 is 2.87 bits per heavy atom. The van der Waals surface area contributed by atoms with Crippen LogP contribution >= 0.6 is 0 Å². The lowest BCUT2D eigenvalue weighted by molar-refractivity contribution is 0.00615. The fourth-order valence-electron chi connectivity index (χ4n) is 2.80. The van der Waals surface area contributed by atoms with Crippen LogP contribution in [0.2, 0.25) is 0 Å². The third-order valence-electron chi connectivity index (χ3n) is 4.62. The van der Waals surface area contributed by atoms with Crippen molar-refractivity contribution in [3.63, 3.8) is 0 Å². The standard InChI is InChI=1S/C17H23N5O/c1-2-15(3-1)23-9-8-22(12-13-10-19-20-11-13)16-6-7-18-17(21-16)14-4-5-14/h6-7,10-11,14-15H,1-5,8-9,12H2,(H,19,20). The zero-order valence-corrected chi connectivity index (χ0v) is 13.3. The number of anilines is 1. The molecule has 2 saturated carbocycles. The molecule has 2 fully saturated rings. The van der Waals surface area contributed by atoms with Gasteiger partial charge in [0.05, 0.1) is 18.9 Å². The number of aromatic amines is 1. The van der Waals surface area contributed by atoms with Crippen molar-refractivity contribution in [1.82, 2.24) is 20.2 Å². The average Bonchev–Trinajstić information content (AvgIpc) is 3.26. The molecule has 4 rings (SSSR count). The fourth-order valence-corrected chi connectivity index (χ4v) is 2.80. The van der Waals surface area contributed by atoms with Crippen LogP contribution in [-0.2, 0) is 11.3 Å². The van der Waals surface area contributed by atoms with Gasteiger partial charge in [-0.25, -0.2) is 9.97 Å². The van der Waals surface area contributed by atoms with Crippen molar-refractivity contribution in [3.05, 3.63) is 36.0 Å². The second-order valence-electron chi connectivity index (χ2n) is 6.50. The molecule has 23 heavy (non-hydrogen) atoms. The predicted octanol–water partition coefficient (Wildman–Crippen LogP) is 2.65.